The van der Waals surface area contributed by atoms with E-state index in [1.807, 2.05) is 0 Å². The average Bonchev–Trinajstić information content (AvgIpc) is 1.88. The third-order valence-electron chi connectivity index (χ3n) is 1.13. The molecule has 2 N–H and O–H groups in total. The molecule has 10 heavy (non-hydrogen) atoms. The van der Waals surface area contributed by atoms with E-state index in [1.54, 1.807) is 6.92 Å². The van der Waals surface area contributed by atoms with Crippen LogP contribution in [0.15, 0.2) is 16.9 Å². The molecule has 0 aliphatic carbocycles. The molecule has 0 radical (unpaired) electrons. The highest BCUT2D eigenvalue weighted by molar-refractivity contribution is 5.01. The molecule has 0 aliphatic heterocycles. The molecule has 1 aromatic rings. The van der Waals surface area contributed by atoms with E-state index < -0.39 is 6.10 Å². The topological polar surface area (TPSA) is 66.0 Å². The van der Waals surface area contributed by atoms with E-state index >= 15 is 0 Å². The van der Waals surface area contributed by atoms with Crippen molar-refractivity contribution in [3.63, 3.8) is 0 Å². The Morgan fingerprint density at radius 1 is 1.70 bits per heavy atom. The Hall–Kier alpha value is -1.16. The molecule has 0 aromatic carbocycles. The second-order valence-electron chi connectivity index (χ2n) is 2.02. The zero-order chi connectivity index (χ0) is 7.56. The van der Waals surface area contributed by atoms with E-state index in [0.717, 1.165) is 0 Å². The molecule has 0 amide bonds. The summed E-state index contributed by atoms with van der Waals surface area (Å²) in [6, 6.07) is 2.82. The highest BCUT2D eigenvalue weighted by atomic mass is 16.3. The lowest BCUT2D eigenvalue weighted by molar-refractivity contribution is 0.193. The van der Waals surface area contributed by atoms with Gasteiger partial charge in [0, 0.05) is 6.07 Å². The van der Waals surface area contributed by atoms with Crippen molar-refractivity contribution in [2.75, 3.05) is 0 Å². The molecule has 1 rings (SSSR count). The number of H-pyrrole nitrogens is 1. The summed E-state index contributed by atoms with van der Waals surface area (Å²) in [6.45, 7) is 1.58. The van der Waals surface area contributed by atoms with Crippen molar-refractivity contribution in [2.24, 2.45) is 0 Å². The predicted octanol–water partition coefficient (Wildman–Crippen LogP) is -0.177. The summed E-state index contributed by atoms with van der Waals surface area (Å²) in [5.41, 5.74) is 0.212. The maximum absolute atomic E-state index is 10.4. The van der Waals surface area contributed by atoms with Crippen molar-refractivity contribution >= 4 is 0 Å². The fraction of sp³-hybridized carbons (Fsp3) is 0.333. The minimum atomic E-state index is -0.628. The Kier molecular flexibility index (Phi) is 1.82. The average molecular weight is 140 g/mol. The quantitative estimate of drug-likeness (QED) is 0.568. The van der Waals surface area contributed by atoms with Crippen LogP contribution in [-0.2, 0) is 0 Å². The van der Waals surface area contributed by atoms with E-state index in [0.29, 0.717) is 5.69 Å². The Morgan fingerprint density at radius 3 is 2.80 bits per heavy atom. The number of aromatic amines is 1. The largest absolute Gasteiger partial charge is 0.387 e. The Morgan fingerprint density at radius 2 is 2.40 bits per heavy atom. The van der Waals surface area contributed by atoms with Crippen molar-refractivity contribution < 1.29 is 5.11 Å². The molecule has 0 saturated heterocycles. The first kappa shape index (κ1) is 6.95. The monoisotopic (exact) mass is 140 g/mol. The maximum atomic E-state index is 10.4. The van der Waals surface area contributed by atoms with E-state index in [2.05, 4.69) is 10.2 Å². The summed E-state index contributed by atoms with van der Waals surface area (Å²) in [5.74, 6) is 0. The lowest BCUT2D eigenvalue weighted by Crippen LogP contribution is -2.08. The lowest BCUT2D eigenvalue weighted by atomic mass is 10.3. The summed E-state index contributed by atoms with van der Waals surface area (Å²) in [7, 11) is 0. The smallest absolute Gasteiger partial charge is 0.264 e. The number of aliphatic hydroxyl groups is 1. The molecule has 1 aromatic heterocycles. The number of aliphatic hydroxyl groups excluding tert-OH is 1. The molecule has 4 heteroatoms. The van der Waals surface area contributed by atoms with E-state index in [1.165, 1.54) is 12.1 Å². The van der Waals surface area contributed by atoms with Gasteiger partial charge in [-0.05, 0) is 13.0 Å². The zero-order valence-corrected chi connectivity index (χ0v) is 5.53. The van der Waals surface area contributed by atoms with Gasteiger partial charge in [0.05, 0.1) is 11.8 Å². The minimum absolute atomic E-state index is 0.260. The van der Waals surface area contributed by atoms with Gasteiger partial charge in [0.15, 0.2) is 0 Å². The first-order chi connectivity index (χ1) is 4.70. The third kappa shape index (κ3) is 1.41. The first-order valence-electron chi connectivity index (χ1n) is 2.94. The fourth-order valence-corrected chi connectivity index (χ4v) is 0.588. The van der Waals surface area contributed by atoms with Crippen LogP contribution in [0.3, 0.4) is 0 Å². The van der Waals surface area contributed by atoms with Crippen LogP contribution in [0.25, 0.3) is 0 Å². The zero-order valence-electron chi connectivity index (χ0n) is 5.53. The van der Waals surface area contributed by atoms with E-state index in [-0.39, 0.29) is 5.56 Å². The van der Waals surface area contributed by atoms with Gasteiger partial charge < -0.3 is 5.11 Å². The number of hydrogen-bond donors (Lipinski definition) is 2. The highest BCUT2D eigenvalue weighted by Crippen LogP contribution is 2.03. The fourth-order valence-electron chi connectivity index (χ4n) is 0.588. The highest BCUT2D eigenvalue weighted by Gasteiger charge is 1.99. The van der Waals surface area contributed by atoms with Gasteiger partial charge in [-0.1, -0.05) is 0 Å². The second-order valence-corrected chi connectivity index (χ2v) is 2.02. The number of rotatable bonds is 1. The Balaban J connectivity index is 3.00. The summed E-state index contributed by atoms with van der Waals surface area (Å²) in [5, 5.41) is 14.7. The molecule has 0 bridgehead atoms. The minimum Gasteiger partial charge on any atom is -0.387 e. The predicted molar refractivity (Wildman–Crippen MR) is 35.5 cm³/mol. The second kappa shape index (κ2) is 2.62. The van der Waals surface area contributed by atoms with Gasteiger partial charge in [0.25, 0.3) is 5.56 Å². The SMILES string of the molecule is CC(O)c1ccc(=O)[nH]n1. The first-order valence-corrected chi connectivity index (χ1v) is 2.94. The molecule has 0 aliphatic rings. The van der Waals surface area contributed by atoms with E-state index in [9.17, 15) is 4.79 Å². The molecule has 4 nitrogen and oxygen atoms in total. The lowest BCUT2D eigenvalue weighted by Gasteiger charge is -1.99. The third-order valence-corrected chi connectivity index (χ3v) is 1.13. The van der Waals surface area contributed by atoms with Gasteiger partial charge >= 0.3 is 0 Å². The van der Waals surface area contributed by atoms with Crippen LogP contribution < -0.4 is 5.56 Å². The number of nitrogens with one attached hydrogen (secondary N) is 1. The molecule has 0 saturated carbocycles. The standard InChI is InChI=1S/C6H8N2O2/c1-4(9)5-2-3-6(10)8-7-5/h2-4,9H,1H3,(H,8,10). The molecule has 1 unspecified atom stereocenters. The van der Waals surface area contributed by atoms with Crippen LogP contribution in [0.1, 0.15) is 18.7 Å². The van der Waals surface area contributed by atoms with Gasteiger partial charge in [-0.15, -0.1) is 0 Å². The van der Waals surface area contributed by atoms with Gasteiger partial charge in [0.2, 0.25) is 0 Å². The molecular formula is C6H8N2O2. The van der Waals surface area contributed by atoms with Crippen LogP contribution in [0.4, 0.5) is 0 Å². The van der Waals surface area contributed by atoms with Crippen LogP contribution >= 0.6 is 0 Å². The maximum Gasteiger partial charge on any atom is 0.264 e. The molecule has 1 heterocycles. The normalized spacial score (nSPS) is 13.0. The number of nitrogens with zero attached hydrogens (tertiary/aromatic N) is 1. The molecule has 54 valence electrons. The molecular weight excluding hydrogens is 132 g/mol. The molecule has 0 fully saturated rings. The van der Waals surface area contributed by atoms with Crippen molar-refractivity contribution in [2.45, 2.75) is 13.0 Å². The van der Waals surface area contributed by atoms with Crippen LogP contribution in [0.2, 0.25) is 0 Å². The van der Waals surface area contributed by atoms with Crippen molar-refractivity contribution in [3.8, 4) is 0 Å². The van der Waals surface area contributed by atoms with Gasteiger partial charge in [-0.3, -0.25) is 4.79 Å². The van der Waals surface area contributed by atoms with Crippen molar-refractivity contribution in [1.82, 2.24) is 10.2 Å². The van der Waals surface area contributed by atoms with Crippen molar-refractivity contribution in [1.29, 1.82) is 0 Å². The summed E-state index contributed by atoms with van der Waals surface area (Å²) >= 11 is 0. The van der Waals surface area contributed by atoms with E-state index in [4.69, 9.17) is 5.11 Å². The van der Waals surface area contributed by atoms with Crippen molar-refractivity contribution in [3.05, 3.63) is 28.2 Å². The van der Waals surface area contributed by atoms with Gasteiger partial charge in [-0.2, -0.15) is 5.10 Å². The van der Waals surface area contributed by atoms with Crippen LogP contribution in [0, 0.1) is 0 Å². The Bertz CT molecular complexity index is 246. The number of hydrogen-bond acceptors (Lipinski definition) is 3. The van der Waals surface area contributed by atoms with Gasteiger partial charge in [0.1, 0.15) is 0 Å². The summed E-state index contributed by atoms with van der Waals surface area (Å²) in [6.07, 6.45) is -0.628. The number of aromatic nitrogens is 2. The molecule has 1 atom stereocenters. The van der Waals surface area contributed by atoms with Crippen LogP contribution in [-0.4, -0.2) is 15.3 Å². The summed E-state index contributed by atoms with van der Waals surface area (Å²) in [4.78, 5) is 10.4. The van der Waals surface area contributed by atoms with Crippen LogP contribution in [0.5, 0.6) is 0 Å². The molecule has 0 spiro atoms. The Labute approximate surface area is 57.5 Å². The summed E-state index contributed by atoms with van der Waals surface area (Å²) < 4.78 is 0. The van der Waals surface area contributed by atoms with Gasteiger partial charge in [-0.25, -0.2) is 5.10 Å².